The summed E-state index contributed by atoms with van der Waals surface area (Å²) in [4.78, 5) is 24.8. The Hall–Kier alpha value is -4.76. The minimum atomic E-state index is -4.20. The Kier molecular flexibility index (Phi) is 10.6. The number of aliphatic carboxylic acids is 1. The van der Waals surface area contributed by atoms with Gasteiger partial charge in [0.2, 0.25) is 0 Å². The molecule has 2 N–H and O–H groups in total. The highest BCUT2D eigenvalue weighted by atomic mass is 31.2. The first-order valence-corrected chi connectivity index (χ1v) is 16.0. The summed E-state index contributed by atoms with van der Waals surface area (Å²) in [5.41, 5.74) is 5.29. The summed E-state index contributed by atoms with van der Waals surface area (Å²) in [6, 6.07) is 27.5. The molecule has 0 heterocycles. The van der Waals surface area contributed by atoms with Crippen molar-refractivity contribution in [2.45, 2.75) is 31.7 Å². The quantitative estimate of drug-likeness (QED) is 0.100. The number of alkyl halides is 1. The van der Waals surface area contributed by atoms with Gasteiger partial charge in [-0.3, -0.25) is 9.05 Å². The maximum absolute atomic E-state index is 14.1. The van der Waals surface area contributed by atoms with Crippen molar-refractivity contribution >= 4 is 19.9 Å². The van der Waals surface area contributed by atoms with Crippen molar-refractivity contribution in [1.82, 2.24) is 5.32 Å². The fourth-order valence-electron chi connectivity index (χ4n) is 5.25. The Morgan fingerprint density at radius 2 is 1.57 bits per heavy atom. The molecule has 0 saturated carbocycles. The van der Waals surface area contributed by atoms with Crippen molar-refractivity contribution in [3.8, 4) is 16.9 Å². The normalized spacial score (nSPS) is 13.9. The van der Waals surface area contributed by atoms with Crippen molar-refractivity contribution in [3.63, 3.8) is 0 Å². The van der Waals surface area contributed by atoms with E-state index in [1.54, 1.807) is 24.3 Å². The fourth-order valence-corrected chi connectivity index (χ4v) is 6.45. The van der Waals surface area contributed by atoms with E-state index in [4.69, 9.17) is 18.3 Å². The van der Waals surface area contributed by atoms with Gasteiger partial charge in [-0.2, -0.15) is 0 Å². The van der Waals surface area contributed by atoms with Gasteiger partial charge in [0.05, 0.1) is 13.2 Å². The van der Waals surface area contributed by atoms with Crippen molar-refractivity contribution in [2.75, 3.05) is 13.2 Å². The number of phosphoric ester groups is 1. The average molecular weight is 646 g/mol. The van der Waals surface area contributed by atoms with E-state index in [0.29, 0.717) is 5.56 Å². The largest absolute Gasteiger partial charge is 0.530 e. The van der Waals surface area contributed by atoms with Crippen LogP contribution in [-0.2, 0) is 42.8 Å². The highest BCUT2D eigenvalue weighted by Crippen LogP contribution is 2.51. The van der Waals surface area contributed by atoms with Crippen molar-refractivity contribution in [3.05, 3.63) is 138 Å². The average Bonchev–Trinajstić information content (AvgIpc) is 3.40. The van der Waals surface area contributed by atoms with Gasteiger partial charge in [0.15, 0.2) is 0 Å². The summed E-state index contributed by atoms with van der Waals surface area (Å²) in [7, 11) is -4.20. The number of carbonyl (C=O) groups is 2. The predicted octanol–water partition coefficient (Wildman–Crippen LogP) is 7.60. The van der Waals surface area contributed by atoms with E-state index in [9.17, 15) is 23.7 Å². The molecule has 0 aromatic heterocycles. The predicted molar refractivity (Wildman–Crippen MR) is 170 cm³/mol. The van der Waals surface area contributed by atoms with Crippen LogP contribution in [0.3, 0.4) is 0 Å². The summed E-state index contributed by atoms with van der Waals surface area (Å²) in [5, 5.41) is 12.2. The molecule has 2 unspecified atom stereocenters. The lowest BCUT2D eigenvalue weighted by Crippen LogP contribution is -2.42. The monoisotopic (exact) mass is 645 g/mol. The molecular formula is C35H33FNO8P. The number of alkyl carbamates (subject to hydrolysis) is 1. The third kappa shape index (κ3) is 7.90. The van der Waals surface area contributed by atoms with Gasteiger partial charge in [-0.05, 0) is 45.5 Å². The van der Waals surface area contributed by atoms with E-state index in [1.165, 1.54) is 24.3 Å². The number of benzene rings is 4. The molecule has 0 fully saturated rings. The molecule has 0 saturated heterocycles. The first-order chi connectivity index (χ1) is 22.3. The zero-order valence-electron chi connectivity index (χ0n) is 24.8. The zero-order valence-corrected chi connectivity index (χ0v) is 25.7. The van der Waals surface area contributed by atoms with E-state index < -0.39 is 32.6 Å². The summed E-state index contributed by atoms with van der Waals surface area (Å²) in [6.45, 7) is 2.32. The topological polar surface area (TPSA) is 120 Å². The molecule has 4 aromatic rings. The first kappa shape index (κ1) is 32.6. The minimum absolute atomic E-state index is 0.00600. The highest BCUT2D eigenvalue weighted by molar-refractivity contribution is 7.48. The number of ether oxygens (including phenoxy) is 1. The number of halogens is 1. The summed E-state index contributed by atoms with van der Waals surface area (Å²) in [6.07, 6.45) is 0.300. The maximum atomic E-state index is 14.1. The molecule has 2 atom stereocenters. The molecule has 0 aliphatic heterocycles. The minimum Gasteiger partial charge on any atom is -0.480 e. The van der Waals surface area contributed by atoms with Crippen LogP contribution in [0.5, 0.6) is 5.75 Å². The van der Waals surface area contributed by atoms with Crippen LogP contribution < -0.4 is 9.84 Å². The second-order valence-corrected chi connectivity index (χ2v) is 12.1. The highest BCUT2D eigenvalue weighted by Gasteiger charge is 2.31. The van der Waals surface area contributed by atoms with Gasteiger partial charge < -0.3 is 19.7 Å². The third-order valence-corrected chi connectivity index (χ3v) is 8.77. The molecule has 1 aliphatic rings. The summed E-state index contributed by atoms with van der Waals surface area (Å²) >= 11 is 0. The van der Waals surface area contributed by atoms with Crippen LogP contribution in [-0.4, -0.2) is 36.4 Å². The molecule has 238 valence electrons. The first-order valence-electron chi connectivity index (χ1n) is 14.6. The Morgan fingerprint density at radius 3 is 2.20 bits per heavy atom. The smallest absolute Gasteiger partial charge is 0.480 e. The number of carboxylic acids is 1. The van der Waals surface area contributed by atoms with Crippen LogP contribution >= 0.6 is 7.82 Å². The second-order valence-electron chi connectivity index (χ2n) is 10.5. The molecule has 1 aliphatic carbocycles. The van der Waals surface area contributed by atoms with Crippen molar-refractivity contribution in [2.24, 2.45) is 0 Å². The zero-order chi connectivity index (χ0) is 32.5. The molecule has 4 aromatic carbocycles. The molecule has 0 bridgehead atoms. The van der Waals surface area contributed by atoms with Gasteiger partial charge in [0.1, 0.15) is 25.1 Å². The number of fused-ring (bicyclic) bond motifs is 3. The number of amides is 1. The molecule has 11 heteroatoms. The van der Waals surface area contributed by atoms with Crippen LogP contribution in [0.1, 0.15) is 33.7 Å². The number of hydrogen-bond donors (Lipinski definition) is 2. The van der Waals surface area contributed by atoms with E-state index in [0.717, 1.165) is 27.8 Å². The van der Waals surface area contributed by atoms with Gasteiger partial charge in [-0.15, -0.1) is 6.58 Å². The number of rotatable bonds is 15. The van der Waals surface area contributed by atoms with E-state index >= 15 is 0 Å². The number of carboxylic acid groups (broad SMARTS) is 1. The number of phosphoric acid groups is 1. The van der Waals surface area contributed by atoms with Crippen molar-refractivity contribution in [1.29, 1.82) is 0 Å². The molecule has 46 heavy (non-hydrogen) atoms. The summed E-state index contributed by atoms with van der Waals surface area (Å²) < 4.78 is 49.4. The Balaban J connectivity index is 1.23. The number of hydrogen-bond acceptors (Lipinski definition) is 7. The van der Waals surface area contributed by atoms with Crippen LogP contribution in [0.4, 0.5) is 9.18 Å². The van der Waals surface area contributed by atoms with Crippen LogP contribution in [0, 0.1) is 0 Å². The fraction of sp³-hybridized carbons (Fsp3) is 0.200. The number of carbonyl (C=O) groups excluding carboxylic acids is 1. The van der Waals surface area contributed by atoms with E-state index in [1.807, 2.05) is 54.6 Å². The lowest BCUT2D eigenvalue weighted by Gasteiger charge is -2.20. The van der Waals surface area contributed by atoms with Gasteiger partial charge in [0.25, 0.3) is 0 Å². The lowest BCUT2D eigenvalue weighted by atomic mass is 9.98. The molecule has 0 spiro atoms. The van der Waals surface area contributed by atoms with Gasteiger partial charge in [0, 0.05) is 17.9 Å². The lowest BCUT2D eigenvalue weighted by molar-refractivity contribution is -0.139. The Labute approximate surface area is 266 Å². The Bertz CT molecular complexity index is 1700. The van der Waals surface area contributed by atoms with Crippen LogP contribution in [0.15, 0.2) is 110 Å². The maximum Gasteiger partial charge on any atom is 0.530 e. The van der Waals surface area contributed by atoms with Gasteiger partial charge in [-0.25, -0.2) is 18.5 Å². The number of nitrogens with one attached hydrogen (secondary N) is 1. The summed E-state index contributed by atoms with van der Waals surface area (Å²) in [5.74, 6) is -1.58. The third-order valence-electron chi connectivity index (χ3n) is 7.44. The second kappa shape index (κ2) is 15.0. The molecule has 9 nitrogen and oxygen atoms in total. The Morgan fingerprint density at radius 1 is 0.913 bits per heavy atom. The standard InChI is InChI=1S/C35H33FNO8P/c1-2-18-43-46(41,44-22-24-10-4-3-5-11-24)45-33-17-16-25(19-26(33)21-36)20-32(34(38)39)37-35(40)42-23-31-29-14-8-6-12-27(29)28-13-7-9-15-30(28)31/h2-17,19,31-32H,1,18,20-23H2,(H,37,40)(H,38,39). The SMILES string of the molecule is C=CCOP(=O)(OCc1ccccc1)Oc1ccc(CC(NC(=O)OCC2c3ccccc3-c3ccccc32)C(=O)O)cc1CF. The van der Waals surface area contributed by atoms with E-state index in [-0.39, 0.29) is 43.5 Å². The molecule has 0 radical (unpaired) electrons. The van der Waals surface area contributed by atoms with Gasteiger partial charge in [-0.1, -0.05) is 91.0 Å². The molecule has 1 amide bonds. The van der Waals surface area contributed by atoms with Gasteiger partial charge >= 0.3 is 19.9 Å². The molecular weight excluding hydrogens is 612 g/mol. The van der Waals surface area contributed by atoms with Crippen LogP contribution in [0.25, 0.3) is 11.1 Å². The van der Waals surface area contributed by atoms with E-state index in [2.05, 4.69) is 11.9 Å². The van der Waals surface area contributed by atoms with Crippen LogP contribution in [0.2, 0.25) is 0 Å². The van der Waals surface area contributed by atoms with Crippen molar-refractivity contribution < 1.29 is 42.0 Å². The molecule has 5 rings (SSSR count).